The second kappa shape index (κ2) is 8.17. The van der Waals surface area contributed by atoms with Crippen molar-refractivity contribution in [2.75, 3.05) is 37.6 Å². The fourth-order valence-electron chi connectivity index (χ4n) is 2.65. The zero-order valence-electron chi connectivity index (χ0n) is 13.5. The predicted octanol–water partition coefficient (Wildman–Crippen LogP) is 1.70. The molecule has 2 rings (SSSR count). The Morgan fingerprint density at radius 3 is 2.48 bits per heavy atom. The standard InChI is InChI=1S/C16H23ClN4O2/c1-3-18-16(23)19-15(22)12(2)20-8-10-21(11-9-20)14-7-5-4-6-13(14)17/h4-7,12H,3,8-11H2,1-2H3,(H2,18,19,22,23)/t12-/m0/s1. The fraction of sp³-hybridized carbons (Fsp3) is 0.500. The van der Waals surface area contributed by atoms with Gasteiger partial charge in [0, 0.05) is 32.7 Å². The number of nitrogens with one attached hydrogen (secondary N) is 2. The summed E-state index contributed by atoms with van der Waals surface area (Å²) in [6.07, 6.45) is 0. The molecule has 7 heteroatoms. The lowest BCUT2D eigenvalue weighted by Crippen LogP contribution is -2.55. The van der Waals surface area contributed by atoms with Crippen molar-refractivity contribution in [1.29, 1.82) is 0 Å². The molecule has 1 aliphatic heterocycles. The van der Waals surface area contributed by atoms with Gasteiger partial charge in [-0.2, -0.15) is 0 Å². The second-order valence-electron chi connectivity index (χ2n) is 5.50. The average molecular weight is 339 g/mol. The van der Waals surface area contributed by atoms with Crippen LogP contribution in [0.1, 0.15) is 13.8 Å². The Hall–Kier alpha value is -1.79. The SMILES string of the molecule is CCNC(=O)NC(=O)[C@H](C)N1CCN(c2ccccc2Cl)CC1. The smallest absolute Gasteiger partial charge is 0.321 e. The van der Waals surface area contributed by atoms with Gasteiger partial charge in [-0.15, -0.1) is 0 Å². The van der Waals surface area contributed by atoms with E-state index in [1.54, 1.807) is 6.92 Å². The van der Waals surface area contributed by atoms with Gasteiger partial charge < -0.3 is 10.2 Å². The van der Waals surface area contributed by atoms with Crippen molar-refractivity contribution in [3.63, 3.8) is 0 Å². The lowest BCUT2D eigenvalue weighted by atomic mass is 10.2. The molecule has 23 heavy (non-hydrogen) atoms. The topological polar surface area (TPSA) is 64.7 Å². The molecule has 6 nitrogen and oxygen atoms in total. The highest BCUT2D eigenvalue weighted by Gasteiger charge is 2.27. The van der Waals surface area contributed by atoms with Gasteiger partial charge in [-0.25, -0.2) is 4.79 Å². The van der Waals surface area contributed by atoms with Gasteiger partial charge in [-0.3, -0.25) is 15.0 Å². The van der Waals surface area contributed by atoms with Gasteiger partial charge in [-0.05, 0) is 26.0 Å². The van der Waals surface area contributed by atoms with E-state index in [-0.39, 0.29) is 11.9 Å². The molecule has 1 aliphatic rings. The average Bonchev–Trinajstić information content (AvgIpc) is 2.55. The molecule has 1 atom stereocenters. The van der Waals surface area contributed by atoms with Crippen molar-refractivity contribution in [2.24, 2.45) is 0 Å². The summed E-state index contributed by atoms with van der Waals surface area (Å²) in [5, 5.41) is 5.66. The number of carbonyl (C=O) groups excluding carboxylic acids is 2. The summed E-state index contributed by atoms with van der Waals surface area (Å²) in [5.41, 5.74) is 1.02. The number of rotatable bonds is 4. The molecule has 3 amide bonds. The van der Waals surface area contributed by atoms with Crippen LogP contribution in [0.5, 0.6) is 0 Å². The molecule has 0 bridgehead atoms. The Labute approximate surface area is 141 Å². The molecule has 0 unspecified atom stereocenters. The number of hydrogen-bond acceptors (Lipinski definition) is 4. The predicted molar refractivity (Wildman–Crippen MR) is 91.9 cm³/mol. The fourth-order valence-corrected chi connectivity index (χ4v) is 2.90. The summed E-state index contributed by atoms with van der Waals surface area (Å²) >= 11 is 6.23. The molecule has 0 aliphatic carbocycles. The molecule has 1 aromatic rings. The maximum absolute atomic E-state index is 12.1. The maximum Gasteiger partial charge on any atom is 0.321 e. The summed E-state index contributed by atoms with van der Waals surface area (Å²) in [6, 6.07) is 6.98. The van der Waals surface area contributed by atoms with E-state index in [9.17, 15) is 9.59 Å². The number of piperazine rings is 1. The molecule has 0 radical (unpaired) electrons. The number of para-hydroxylation sites is 1. The van der Waals surface area contributed by atoms with Crippen molar-refractivity contribution >= 4 is 29.2 Å². The molecule has 1 heterocycles. The molecule has 126 valence electrons. The number of halogens is 1. The van der Waals surface area contributed by atoms with Crippen LogP contribution in [0.25, 0.3) is 0 Å². The number of benzene rings is 1. The van der Waals surface area contributed by atoms with Crippen LogP contribution in [0.15, 0.2) is 24.3 Å². The molecular weight excluding hydrogens is 316 g/mol. The van der Waals surface area contributed by atoms with E-state index in [2.05, 4.69) is 20.4 Å². The van der Waals surface area contributed by atoms with E-state index in [1.165, 1.54) is 0 Å². The first-order chi connectivity index (χ1) is 11.0. The first-order valence-corrected chi connectivity index (χ1v) is 8.23. The van der Waals surface area contributed by atoms with Crippen molar-refractivity contribution in [3.8, 4) is 0 Å². The third kappa shape index (κ3) is 4.59. The van der Waals surface area contributed by atoms with Crippen LogP contribution in [0.4, 0.5) is 10.5 Å². The lowest BCUT2D eigenvalue weighted by Gasteiger charge is -2.38. The lowest BCUT2D eigenvalue weighted by molar-refractivity contribution is -0.124. The highest BCUT2D eigenvalue weighted by Crippen LogP contribution is 2.26. The largest absolute Gasteiger partial charge is 0.368 e. The number of amides is 3. The van der Waals surface area contributed by atoms with Gasteiger partial charge in [0.25, 0.3) is 0 Å². The quantitative estimate of drug-likeness (QED) is 0.877. The van der Waals surface area contributed by atoms with Crippen molar-refractivity contribution in [2.45, 2.75) is 19.9 Å². The van der Waals surface area contributed by atoms with Crippen molar-refractivity contribution in [1.82, 2.24) is 15.5 Å². The van der Waals surface area contributed by atoms with Crippen LogP contribution in [-0.4, -0.2) is 55.6 Å². The first kappa shape index (κ1) is 17.6. The Bertz CT molecular complexity index is 559. The van der Waals surface area contributed by atoms with Crippen LogP contribution in [-0.2, 0) is 4.79 Å². The maximum atomic E-state index is 12.1. The van der Waals surface area contributed by atoms with E-state index in [0.29, 0.717) is 6.54 Å². The Morgan fingerprint density at radius 2 is 1.87 bits per heavy atom. The first-order valence-electron chi connectivity index (χ1n) is 7.85. The minimum absolute atomic E-state index is 0.276. The van der Waals surface area contributed by atoms with Gasteiger partial charge in [0.15, 0.2) is 0 Å². The van der Waals surface area contributed by atoms with Gasteiger partial charge >= 0.3 is 6.03 Å². The van der Waals surface area contributed by atoms with Gasteiger partial charge in [0.05, 0.1) is 16.8 Å². The van der Waals surface area contributed by atoms with Gasteiger partial charge in [0.1, 0.15) is 0 Å². The summed E-state index contributed by atoms with van der Waals surface area (Å²) in [6.45, 7) is 7.20. The summed E-state index contributed by atoms with van der Waals surface area (Å²) in [5.74, 6) is -0.276. The zero-order chi connectivity index (χ0) is 16.8. The third-order valence-electron chi connectivity index (χ3n) is 4.01. The Morgan fingerprint density at radius 1 is 1.22 bits per heavy atom. The molecule has 0 spiro atoms. The van der Waals surface area contributed by atoms with E-state index in [1.807, 2.05) is 31.2 Å². The number of imide groups is 1. The van der Waals surface area contributed by atoms with E-state index in [4.69, 9.17) is 11.6 Å². The minimum atomic E-state index is -0.445. The summed E-state index contributed by atoms with van der Waals surface area (Å²) in [4.78, 5) is 27.8. The number of hydrogen-bond donors (Lipinski definition) is 2. The normalized spacial score (nSPS) is 16.7. The molecule has 2 N–H and O–H groups in total. The highest BCUT2D eigenvalue weighted by molar-refractivity contribution is 6.33. The molecule has 0 aromatic heterocycles. The molecule has 1 aromatic carbocycles. The van der Waals surface area contributed by atoms with E-state index < -0.39 is 6.03 Å². The van der Waals surface area contributed by atoms with Gasteiger partial charge in [0.2, 0.25) is 5.91 Å². The number of urea groups is 1. The Balaban J connectivity index is 1.87. The molecular formula is C16H23ClN4O2. The summed E-state index contributed by atoms with van der Waals surface area (Å²) < 4.78 is 0. The molecule has 1 fully saturated rings. The van der Waals surface area contributed by atoms with Crippen molar-refractivity contribution in [3.05, 3.63) is 29.3 Å². The minimum Gasteiger partial charge on any atom is -0.368 e. The third-order valence-corrected chi connectivity index (χ3v) is 4.33. The Kier molecular flexibility index (Phi) is 6.24. The monoisotopic (exact) mass is 338 g/mol. The van der Waals surface area contributed by atoms with Crippen LogP contribution in [0.3, 0.4) is 0 Å². The van der Waals surface area contributed by atoms with E-state index in [0.717, 1.165) is 36.9 Å². The van der Waals surface area contributed by atoms with Crippen LogP contribution in [0, 0.1) is 0 Å². The van der Waals surface area contributed by atoms with Crippen LogP contribution in [0.2, 0.25) is 5.02 Å². The molecule has 0 saturated carbocycles. The zero-order valence-corrected chi connectivity index (χ0v) is 14.3. The van der Waals surface area contributed by atoms with Crippen molar-refractivity contribution < 1.29 is 9.59 Å². The number of nitrogens with zero attached hydrogens (tertiary/aromatic N) is 2. The number of anilines is 1. The van der Waals surface area contributed by atoms with E-state index >= 15 is 0 Å². The second-order valence-corrected chi connectivity index (χ2v) is 5.91. The summed E-state index contributed by atoms with van der Waals surface area (Å²) in [7, 11) is 0. The number of carbonyl (C=O) groups is 2. The van der Waals surface area contributed by atoms with Crippen LogP contribution < -0.4 is 15.5 Å². The van der Waals surface area contributed by atoms with Crippen LogP contribution >= 0.6 is 11.6 Å². The van der Waals surface area contributed by atoms with Gasteiger partial charge in [-0.1, -0.05) is 23.7 Å². The molecule has 1 saturated heterocycles. The highest BCUT2D eigenvalue weighted by atomic mass is 35.5.